The van der Waals surface area contributed by atoms with Crippen LogP contribution < -0.4 is 10.5 Å². The minimum atomic E-state index is -0.100. The summed E-state index contributed by atoms with van der Waals surface area (Å²) in [7, 11) is 0. The molecule has 0 aromatic heterocycles. The Hall–Kier alpha value is -1.55. The topological polar surface area (TPSA) is 62.3 Å². The Morgan fingerprint density at radius 2 is 1.95 bits per heavy atom. The Bertz CT molecular complexity index is 411. The first-order valence-corrected chi connectivity index (χ1v) is 6.85. The van der Waals surface area contributed by atoms with Crippen molar-refractivity contribution in [1.82, 2.24) is 4.90 Å². The fraction of sp³-hybridized carbons (Fsp3) is 0.533. The lowest BCUT2D eigenvalue weighted by Gasteiger charge is -2.38. The van der Waals surface area contributed by atoms with Crippen LogP contribution in [0.3, 0.4) is 0 Å². The van der Waals surface area contributed by atoms with Gasteiger partial charge in [-0.1, -0.05) is 25.1 Å². The number of nitrogens with one attached hydrogen (secondary N) is 1. The van der Waals surface area contributed by atoms with Gasteiger partial charge in [-0.15, -0.1) is 0 Å². The van der Waals surface area contributed by atoms with E-state index >= 15 is 0 Å². The Balaban J connectivity index is 1.70. The molecule has 1 heterocycles. The summed E-state index contributed by atoms with van der Waals surface area (Å²) in [6.45, 7) is 5.72. The fourth-order valence-corrected chi connectivity index (χ4v) is 2.35. The number of rotatable bonds is 5. The van der Waals surface area contributed by atoms with Crippen LogP contribution in [0.4, 0.5) is 0 Å². The number of nitrogens with zero attached hydrogens (tertiary/aromatic N) is 1. The van der Waals surface area contributed by atoms with Crippen molar-refractivity contribution < 1.29 is 4.74 Å². The first-order chi connectivity index (χ1) is 9.10. The van der Waals surface area contributed by atoms with Crippen molar-refractivity contribution in [2.24, 2.45) is 11.1 Å². The third-order valence-corrected chi connectivity index (χ3v) is 4.03. The second kappa shape index (κ2) is 6.06. The number of para-hydroxylation sites is 1. The highest BCUT2D eigenvalue weighted by Gasteiger charge is 2.32. The molecule has 1 aliphatic heterocycles. The molecule has 0 bridgehead atoms. The van der Waals surface area contributed by atoms with Crippen molar-refractivity contribution in [3.63, 3.8) is 0 Å². The molecular formula is C15H23N3O. The molecule has 1 aromatic rings. The van der Waals surface area contributed by atoms with Gasteiger partial charge in [-0.2, -0.15) is 0 Å². The van der Waals surface area contributed by atoms with E-state index in [1.807, 2.05) is 30.3 Å². The van der Waals surface area contributed by atoms with Gasteiger partial charge in [0.1, 0.15) is 12.4 Å². The summed E-state index contributed by atoms with van der Waals surface area (Å²) in [5.41, 5.74) is 5.56. The summed E-state index contributed by atoms with van der Waals surface area (Å²) in [6.07, 6.45) is 1.93. The maximum Gasteiger partial charge on any atom is 0.119 e. The molecule has 4 heteroatoms. The molecule has 0 amide bonds. The molecule has 19 heavy (non-hydrogen) atoms. The number of ether oxygens (including phenoxy) is 1. The predicted octanol–water partition coefficient (Wildman–Crippen LogP) is 2.10. The maximum absolute atomic E-state index is 7.64. The van der Waals surface area contributed by atoms with Crippen molar-refractivity contribution in [2.45, 2.75) is 19.8 Å². The zero-order chi connectivity index (χ0) is 13.7. The Kier molecular flexibility index (Phi) is 4.43. The van der Waals surface area contributed by atoms with E-state index < -0.39 is 0 Å². The highest BCUT2D eigenvalue weighted by molar-refractivity contribution is 5.83. The summed E-state index contributed by atoms with van der Waals surface area (Å²) < 4.78 is 5.70. The smallest absolute Gasteiger partial charge is 0.119 e. The minimum Gasteiger partial charge on any atom is -0.492 e. The van der Waals surface area contributed by atoms with Gasteiger partial charge in [0, 0.05) is 12.0 Å². The Morgan fingerprint density at radius 3 is 2.53 bits per heavy atom. The number of likely N-dealkylation sites (tertiary alicyclic amines) is 1. The lowest BCUT2D eigenvalue weighted by Crippen LogP contribution is -2.46. The van der Waals surface area contributed by atoms with Gasteiger partial charge in [0.15, 0.2) is 0 Å². The molecule has 104 valence electrons. The van der Waals surface area contributed by atoms with E-state index in [9.17, 15) is 0 Å². The van der Waals surface area contributed by atoms with E-state index in [1.54, 1.807) is 0 Å². The molecule has 0 unspecified atom stereocenters. The highest BCUT2D eigenvalue weighted by atomic mass is 16.5. The van der Waals surface area contributed by atoms with Crippen molar-refractivity contribution >= 4 is 5.84 Å². The largest absolute Gasteiger partial charge is 0.492 e. The van der Waals surface area contributed by atoms with Crippen LogP contribution in [0.1, 0.15) is 19.8 Å². The van der Waals surface area contributed by atoms with Gasteiger partial charge in [-0.05, 0) is 38.1 Å². The molecule has 0 radical (unpaired) electrons. The van der Waals surface area contributed by atoms with Gasteiger partial charge in [0.05, 0.1) is 5.84 Å². The second-order valence-electron chi connectivity index (χ2n) is 5.48. The van der Waals surface area contributed by atoms with Gasteiger partial charge >= 0.3 is 0 Å². The van der Waals surface area contributed by atoms with Gasteiger partial charge in [0.2, 0.25) is 0 Å². The molecule has 0 saturated carbocycles. The van der Waals surface area contributed by atoms with E-state index in [-0.39, 0.29) is 5.41 Å². The quantitative estimate of drug-likeness (QED) is 0.630. The van der Waals surface area contributed by atoms with Crippen LogP contribution in [0.2, 0.25) is 0 Å². The molecule has 1 aromatic carbocycles. The number of nitrogens with two attached hydrogens (primary N) is 1. The van der Waals surface area contributed by atoms with Crippen molar-refractivity contribution in [2.75, 3.05) is 26.2 Å². The second-order valence-corrected chi connectivity index (χ2v) is 5.48. The van der Waals surface area contributed by atoms with Gasteiger partial charge in [-0.25, -0.2) is 0 Å². The van der Waals surface area contributed by atoms with E-state index in [4.69, 9.17) is 15.9 Å². The lowest BCUT2D eigenvalue weighted by molar-refractivity contribution is 0.139. The third kappa shape index (κ3) is 3.70. The van der Waals surface area contributed by atoms with Crippen LogP contribution in [0, 0.1) is 10.8 Å². The first kappa shape index (κ1) is 13.9. The summed E-state index contributed by atoms with van der Waals surface area (Å²) in [5.74, 6) is 1.25. The Morgan fingerprint density at radius 1 is 1.32 bits per heavy atom. The van der Waals surface area contributed by atoms with E-state index in [2.05, 4.69) is 11.8 Å². The van der Waals surface area contributed by atoms with Gasteiger partial charge in [-0.3, -0.25) is 10.3 Å². The zero-order valence-corrected chi connectivity index (χ0v) is 11.6. The monoisotopic (exact) mass is 261 g/mol. The molecule has 0 aliphatic carbocycles. The van der Waals surface area contributed by atoms with Crippen molar-refractivity contribution in [3.05, 3.63) is 30.3 Å². The SMILES string of the molecule is CC1(C(=N)N)CCN(CCOc2ccccc2)CC1. The van der Waals surface area contributed by atoms with E-state index in [1.165, 1.54) is 0 Å². The van der Waals surface area contributed by atoms with Gasteiger partial charge < -0.3 is 10.5 Å². The molecule has 4 nitrogen and oxygen atoms in total. The van der Waals surface area contributed by atoms with Crippen LogP contribution in [0.15, 0.2) is 30.3 Å². The fourth-order valence-electron chi connectivity index (χ4n) is 2.35. The summed E-state index contributed by atoms with van der Waals surface area (Å²) in [4.78, 5) is 2.38. The number of amidine groups is 1. The first-order valence-electron chi connectivity index (χ1n) is 6.85. The Labute approximate surface area is 115 Å². The lowest BCUT2D eigenvalue weighted by atomic mass is 9.79. The van der Waals surface area contributed by atoms with Crippen LogP contribution in [-0.4, -0.2) is 37.0 Å². The molecule has 1 aliphatic rings. The van der Waals surface area contributed by atoms with Crippen molar-refractivity contribution in [1.29, 1.82) is 5.41 Å². The molecule has 0 atom stereocenters. The maximum atomic E-state index is 7.64. The third-order valence-electron chi connectivity index (χ3n) is 4.03. The van der Waals surface area contributed by atoms with Crippen molar-refractivity contribution in [3.8, 4) is 5.75 Å². The number of hydrogen-bond donors (Lipinski definition) is 2. The predicted molar refractivity (Wildman–Crippen MR) is 77.6 cm³/mol. The summed E-state index contributed by atoms with van der Waals surface area (Å²) in [6, 6.07) is 9.90. The van der Waals surface area contributed by atoms with Crippen LogP contribution in [0.5, 0.6) is 5.75 Å². The molecule has 0 spiro atoms. The van der Waals surface area contributed by atoms with E-state index in [0.29, 0.717) is 12.4 Å². The van der Waals surface area contributed by atoms with Gasteiger partial charge in [0.25, 0.3) is 0 Å². The normalized spacial score (nSPS) is 19.0. The average molecular weight is 261 g/mol. The molecule has 1 fully saturated rings. The molecule has 1 saturated heterocycles. The summed E-state index contributed by atoms with van der Waals surface area (Å²) in [5, 5.41) is 7.64. The molecular weight excluding hydrogens is 238 g/mol. The highest BCUT2D eigenvalue weighted by Crippen LogP contribution is 2.30. The average Bonchev–Trinajstić information content (AvgIpc) is 2.42. The van der Waals surface area contributed by atoms with Crippen LogP contribution in [0.25, 0.3) is 0 Å². The molecule has 3 N–H and O–H groups in total. The number of hydrogen-bond acceptors (Lipinski definition) is 3. The number of benzene rings is 1. The molecule has 2 rings (SSSR count). The van der Waals surface area contributed by atoms with Crippen LogP contribution >= 0.6 is 0 Å². The van der Waals surface area contributed by atoms with E-state index in [0.717, 1.165) is 38.2 Å². The number of piperidine rings is 1. The zero-order valence-electron chi connectivity index (χ0n) is 11.6. The van der Waals surface area contributed by atoms with Crippen LogP contribution in [-0.2, 0) is 0 Å². The minimum absolute atomic E-state index is 0.100. The standard InChI is InChI=1S/C15H23N3O/c1-15(14(16)17)7-9-18(10-8-15)11-12-19-13-5-3-2-4-6-13/h2-6H,7-12H2,1H3,(H3,16,17). The summed E-state index contributed by atoms with van der Waals surface area (Å²) >= 11 is 0.